The third-order valence-electron chi connectivity index (χ3n) is 0.859. The summed E-state index contributed by atoms with van der Waals surface area (Å²) in [6, 6.07) is 0. The quantitative estimate of drug-likeness (QED) is 0.372. The Morgan fingerprint density at radius 3 is 1.75 bits per heavy atom. The van der Waals surface area contributed by atoms with Crippen LogP contribution >= 0.6 is 0 Å². The van der Waals surface area contributed by atoms with Crippen LogP contribution in [-0.4, -0.2) is 66.4 Å². The van der Waals surface area contributed by atoms with Crippen molar-refractivity contribution in [3.8, 4) is 0 Å². The summed E-state index contributed by atoms with van der Waals surface area (Å²) in [5.41, 5.74) is 0. The van der Waals surface area contributed by atoms with Gasteiger partial charge in [0.1, 0.15) is 6.29 Å². The van der Waals surface area contributed by atoms with Crippen molar-refractivity contribution >= 4 is 45.8 Å². The normalized spacial score (nSPS) is 8.88. The van der Waals surface area contributed by atoms with Crippen LogP contribution < -0.4 is 0 Å². The summed E-state index contributed by atoms with van der Waals surface area (Å²) >= 11 is 1.14. The van der Waals surface area contributed by atoms with Crippen molar-refractivity contribution in [2.24, 2.45) is 0 Å². The first-order valence-corrected chi connectivity index (χ1v) is 3.82. The first kappa shape index (κ1) is 12.2. The SMILES string of the molecule is COC([CH2][AlH2])OC.[NaH]. The van der Waals surface area contributed by atoms with Gasteiger partial charge in [-0.25, -0.2) is 0 Å². The first-order valence-electron chi connectivity index (χ1n) is 2.40. The van der Waals surface area contributed by atoms with Gasteiger partial charge in [-0.2, -0.15) is 0 Å². The zero-order valence-electron chi connectivity index (χ0n) is 5.10. The Morgan fingerprint density at radius 2 is 1.75 bits per heavy atom. The summed E-state index contributed by atoms with van der Waals surface area (Å²) in [4.78, 5) is 0. The van der Waals surface area contributed by atoms with E-state index in [0.29, 0.717) is 0 Å². The fraction of sp³-hybridized carbons (Fsp3) is 1.00. The van der Waals surface area contributed by atoms with E-state index in [2.05, 4.69) is 0 Å². The second-order valence-corrected chi connectivity index (χ2v) is 2.13. The fourth-order valence-corrected chi connectivity index (χ4v) is 1.10. The van der Waals surface area contributed by atoms with Gasteiger partial charge in [0.2, 0.25) is 16.3 Å². The maximum absolute atomic E-state index is 4.86. The third kappa shape index (κ3) is 5.59. The predicted octanol–water partition coefficient (Wildman–Crippen LogP) is -0.992. The zero-order chi connectivity index (χ0) is 5.70. The molecule has 0 saturated carbocycles. The Hall–Kier alpha value is 1.45. The molecule has 0 rings (SSSR count). The fourth-order valence-electron chi connectivity index (χ4n) is 0.430. The number of hydrogen-bond donors (Lipinski definition) is 0. The van der Waals surface area contributed by atoms with E-state index in [1.54, 1.807) is 14.2 Å². The van der Waals surface area contributed by atoms with Crippen molar-refractivity contribution in [1.29, 1.82) is 0 Å². The molecule has 2 nitrogen and oxygen atoms in total. The Labute approximate surface area is 80.6 Å². The second-order valence-electron chi connectivity index (χ2n) is 1.31. The monoisotopic (exact) mass is 142 g/mol. The van der Waals surface area contributed by atoms with Crippen LogP contribution in [0.25, 0.3) is 0 Å². The average molecular weight is 142 g/mol. The Bertz CT molecular complexity index is 35.5. The summed E-state index contributed by atoms with van der Waals surface area (Å²) in [6.45, 7) is 0. The van der Waals surface area contributed by atoms with Crippen LogP contribution in [0.15, 0.2) is 0 Å². The van der Waals surface area contributed by atoms with Crippen molar-refractivity contribution in [2.75, 3.05) is 14.2 Å². The van der Waals surface area contributed by atoms with Crippen LogP contribution in [0.4, 0.5) is 0 Å². The van der Waals surface area contributed by atoms with Gasteiger partial charge in [0.15, 0.2) is 0 Å². The molecular formula is C4H12AlNaO2. The standard InChI is InChI=1S/C4H9O2.Al.Na.3H/c1-4(5-2)6-3;;;;;/h4H,1H2,2-3H3;;;;;. The van der Waals surface area contributed by atoms with E-state index in [-0.39, 0.29) is 35.8 Å². The molecule has 44 valence electrons. The van der Waals surface area contributed by atoms with Gasteiger partial charge in [0, 0.05) is 14.2 Å². The van der Waals surface area contributed by atoms with E-state index in [4.69, 9.17) is 9.47 Å². The van der Waals surface area contributed by atoms with Gasteiger partial charge in [-0.15, -0.1) is 0 Å². The van der Waals surface area contributed by atoms with Crippen molar-refractivity contribution < 1.29 is 9.47 Å². The van der Waals surface area contributed by atoms with Crippen molar-refractivity contribution in [1.82, 2.24) is 0 Å². The molecule has 0 aromatic rings. The predicted molar refractivity (Wildman–Crippen MR) is 38.3 cm³/mol. The van der Waals surface area contributed by atoms with Crippen molar-refractivity contribution in [3.63, 3.8) is 0 Å². The van der Waals surface area contributed by atoms with E-state index >= 15 is 0 Å². The van der Waals surface area contributed by atoms with Gasteiger partial charge < -0.3 is 9.47 Å². The summed E-state index contributed by atoms with van der Waals surface area (Å²) in [5.74, 6) is 0. The van der Waals surface area contributed by atoms with Crippen LogP contribution in [-0.2, 0) is 9.47 Å². The summed E-state index contributed by atoms with van der Waals surface area (Å²) in [5, 5.41) is 1.05. The van der Waals surface area contributed by atoms with Gasteiger partial charge in [0.05, 0.1) is 0 Å². The van der Waals surface area contributed by atoms with Crippen LogP contribution in [0, 0.1) is 0 Å². The number of ether oxygens (including phenoxy) is 2. The first-order chi connectivity index (χ1) is 3.35. The molecule has 0 amide bonds. The molecule has 8 heavy (non-hydrogen) atoms. The minimum atomic E-state index is 0. The third-order valence-corrected chi connectivity index (χ3v) is 1.53. The Balaban J connectivity index is 0. The molecule has 0 heterocycles. The van der Waals surface area contributed by atoms with Gasteiger partial charge in [0.25, 0.3) is 0 Å². The van der Waals surface area contributed by atoms with Crippen molar-refractivity contribution in [2.45, 2.75) is 11.6 Å². The molecule has 0 atom stereocenters. The molecule has 0 aromatic carbocycles. The molecule has 0 aromatic heterocycles. The van der Waals surface area contributed by atoms with Crippen LogP contribution in [0.2, 0.25) is 5.28 Å². The van der Waals surface area contributed by atoms with Gasteiger partial charge in [-0.3, -0.25) is 0 Å². The zero-order valence-corrected chi connectivity index (χ0v) is 7.10. The minimum absolute atomic E-state index is 0. The topological polar surface area (TPSA) is 18.5 Å². The summed E-state index contributed by atoms with van der Waals surface area (Å²) in [7, 11) is 3.32. The summed E-state index contributed by atoms with van der Waals surface area (Å²) < 4.78 is 9.72. The van der Waals surface area contributed by atoms with E-state index in [0.717, 1.165) is 21.6 Å². The maximum atomic E-state index is 4.86. The molecule has 0 fully saturated rings. The molecule has 0 aliphatic heterocycles. The Kier molecular flexibility index (Phi) is 12.8. The van der Waals surface area contributed by atoms with Crippen LogP contribution in [0.3, 0.4) is 0 Å². The van der Waals surface area contributed by atoms with Gasteiger partial charge in [-0.1, -0.05) is 5.28 Å². The molecule has 0 saturated heterocycles. The molecule has 0 unspecified atom stereocenters. The van der Waals surface area contributed by atoms with Crippen molar-refractivity contribution in [3.05, 3.63) is 0 Å². The van der Waals surface area contributed by atoms with Gasteiger partial charge >= 0.3 is 29.6 Å². The molecule has 4 heteroatoms. The molecule has 0 N–H and O–H groups in total. The molecule has 0 aliphatic carbocycles. The summed E-state index contributed by atoms with van der Waals surface area (Å²) in [6.07, 6.45) is 0.0478. The number of hydrogen-bond acceptors (Lipinski definition) is 2. The second kappa shape index (κ2) is 8.45. The molecule has 0 bridgehead atoms. The Morgan fingerprint density at radius 1 is 1.38 bits per heavy atom. The average Bonchev–Trinajstić information content (AvgIpc) is 1.72. The number of rotatable bonds is 3. The molecule has 0 aliphatic rings. The number of methoxy groups -OCH3 is 2. The van der Waals surface area contributed by atoms with E-state index < -0.39 is 0 Å². The molecule has 0 radical (unpaired) electrons. The molecule has 0 spiro atoms. The van der Waals surface area contributed by atoms with Gasteiger partial charge in [-0.05, 0) is 0 Å². The van der Waals surface area contributed by atoms with E-state index in [9.17, 15) is 0 Å². The van der Waals surface area contributed by atoms with Crippen LogP contribution in [0.1, 0.15) is 0 Å². The van der Waals surface area contributed by atoms with E-state index in [1.807, 2.05) is 0 Å². The molecular weight excluding hydrogens is 130 g/mol. The van der Waals surface area contributed by atoms with E-state index in [1.165, 1.54) is 0 Å². The van der Waals surface area contributed by atoms with Crippen LogP contribution in [0.5, 0.6) is 0 Å².